The highest BCUT2D eigenvalue weighted by Gasteiger charge is 2.14. The van der Waals surface area contributed by atoms with Gasteiger partial charge in [0.15, 0.2) is 0 Å². The normalized spacial score (nSPS) is 10.5. The summed E-state index contributed by atoms with van der Waals surface area (Å²) < 4.78 is 4.69. The first-order chi connectivity index (χ1) is 10.6. The predicted molar refractivity (Wildman–Crippen MR) is 82.7 cm³/mol. The monoisotopic (exact) mass is 343 g/mol. The van der Waals surface area contributed by atoms with Crippen molar-refractivity contribution in [3.8, 4) is 0 Å². The molecule has 0 atom stereocenters. The standard InChI is InChI=1S/C14H15Cl2N3O3/c15-12-2-1-10(7-13(12)16)9-19(4-5-20)14(21)17-8-11-3-6-22-18-11/h1-3,6-7,20H,4-5,8-9H2,(H,17,21). The van der Waals surface area contributed by atoms with Gasteiger partial charge >= 0.3 is 6.03 Å². The zero-order valence-electron chi connectivity index (χ0n) is 11.6. The lowest BCUT2D eigenvalue weighted by Gasteiger charge is -2.22. The molecule has 0 unspecified atom stereocenters. The van der Waals surface area contributed by atoms with E-state index in [0.29, 0.717) is 22.3 Å². The number of aromatic nitrogens is 1. The summed E-state index contributed by atoms with van der Waals surface area (Å²) in [5, 5.41) is 16.4. The van der Waals surface area contributed by atoms with Gasteiger partial charge in [0.05, 0.1) is 23.2 Å². The van der Waals surface area contributed by atoms with Gasteiger partial charge in [-0.15, -0.1) is 0 Å². The molecule has 22 heavy (non-hydrogen) atoms. The fourth-order valence-corrected chi connectivity index (χ4v) is 2.16. The third-order valence-corrected chi connectivity index (χ3v) is 3.67. The highest BCUT2D eigenvalue weighted by molar-refractivity contribution is 6.42. The molecule has 1 aromatic carbocycles. The Hall–Kier alpha value is -1.76. The van der Waals surface area contributed by atoms with Gasteiger partial charge in [0, 0.05) is 19.2 Å². The number of nitrogens with zero attached hydrogens (tertiary/aromatic N) is 2. The molecule has 118 valence electrons. The van der Waals surface area contributed by atoms with Crippen molar-refractivity contribution in [3.63, 3.8) is 0 Å². The number of benzene rings is 1. The zero-order valence-corrected chi connectivity index (χ0v) is 13.1. The van der Waals surface area contributed by atoms with Crippen molar-refractivity contribution in [2.45, 2.75) is 13.1 Å². The Morgan fingerprint density at radius 2 is 2.14 bits per heavy atom. The van der Waals surface area contributed by atoms with Gasteiger partial charge in [0.1, 0.15) is 12.0 Å². The summed E-state index contributed by atoms with van der Waals surface area (Å²) in [6.07, 6.45) is 1.43. The number of hydrogen-bond donors (Lipinski definition) is 2. The lowest BCUT2D eigenvalue weighted by molar-refractivity contribution is 0.173. The van der Waals surface area contributed by atoms with Crippen molar-refractivity contribution in [3.05, 3.63) is 51.8 Å². The number of amides is 2. The van der Waals surface area contributed by atoms with Crippen molar-refractivity contribution >= 4 is 29.2 Å². The molecule has 1 heterocycles. The van der Waals surface area contributed by atoms with Crippen molar-refractivity contribution in [2.24, 2.45) is 0 Å². The molecule has 2 aromatic rings. The van der Waals surface area contributed by atoms with Crippen LogP contribution in [-0.4, -0.2) is 34.3 Å². The minimum Gasteiger partial charge on any atom is -0.395 e. The largest absolute Gasteiger partial charge is 0.395 e. The van der Waals surface area contributed by atoms with E-state index in [1.54, 1.807) is 24.3 Å². The number of carbonyl (C=O) groups excluding carboxylic acids is 1. The quantitative estimate of drug-likeness (QED) is 0.845. The molecule has 1 aromatic heterocycles. The van der Waals surface area contributed by atoms with E-state index in [0.717, 1.165) is 5.56 Å². The lowest BCUT2D eigenvalue weighted by Crippen LogP contribution is -2.40. The summed E-state index contributed by atoms with van der Waals surface area (Å²) in [4.78, 5) is 13.6. The molecule has 0 bridgehead atoms. The van der Waals surface area contributed by atoms with Gasteiger partial charge in [-0.25, -0.2) is 4.79 Å². The van der Waals surface area contributed by atoms with Crippen molar-refractivity contribution in [1.82, 2.24) is 15.4 Å². The summed E-state index contributed by atoms with van der Waals surface area (Å²) in [5.74, 6) is 0. The van der Waals surface area contributed by atoms with Crippen molar-refractivity contribution in [1.29, 1.82) is 0 Å². The van der Waals surface area contributed by atoms with Crippen LogP contribution in [0, 0.1) is 0 Å². The summed E-state index contributed by atoms with van der Waals surface area (Å²) in [5.41, 5.74) is 1.44. The summed E-state index contributed by atoms with van der Waals surface area (Å²) >= 11 is 11.8. The van der Waals surface area contributed by atoms with Gasteiger partial charge in [-0.2, -0.15) is 0 Å². The van der Waals surface area contributed by atoms with E-state index in [9.17, 15) is 4.79 Å². The van der Waals surface area contributed by atoms with Crippen molar-refractivity contribution in [2.75, 3.05) is 13.2 Å². The van der Waals surface area contributed by atoms with E-state index in [-0.39, 0.29) is 25.7 Å². The highest BCUT2D eigenvalue weighted by atomic mass is 35.5. The number of rotatable bonds is 6. The third kappa shape index (κ3) is 4.62. The maximum absolute atomic E-state index is 12.2. The molecule has 0 aliphatic heterocycles. The number of halogens is 2. The van der Waals surface area contributed by atoms with E-state index in [1.807, 2.05) is 0 Å². The molecule has 8 heteroatoms. The van der Waals surface area contributed by atoms with Crippen LogP contribution in [0.4, 0.5) is 4.79 Å². The molecule has 2 amide bonds. The second kappa shape index (κ2) is 8.03. The Morgan fingerprint density at radius 3 is 2.77 bits per heavy atom. The number of aliphatic hydroxyl groups is 1. The molecule has 0 fully saturated rings. The molecule has 0 spiro atoms. The summed E-state index contributed by atoms with van der Waals surface area (Å²) in [7, 11) is 0. The van der Waals surface area contributed by atoms with E-state index in [1.165, 1.54) is 11.2 Å². The van der Waals surface area contributed by atoms with E-state index >= 15 is 0 Å². The van der Waals surface area contributed by atoms with E-state index in [2.05, 4.69) is 10.5 Å². The second-order valence-corrected chi connectivity index (χ2v) is 5.36. The van der Waals surface area contributed by atoms with Gasteiger partial charge in [-0.3, -0.25) is 0 Å². The molecule has 2 rings (SSSR count). The minimum absolute atomic E-state index is 0.140. The van der Waals surface area contributed by atoms with Crippen LogP contribution in [0.5, 0.6) is 0 Å². The molecule has 0 saturated heterocycles. The van der Waals surface area contributed by atoms with Crippen LogP contribution in [0.1, 0.15) is 11.3 Å². The van der Waals surface area contributed by atoms with Gasteiger partial charge in [-0.1, -0.05) is 34.4 Å². The number of nitrogens with one attached hydrogen (secondary N) is 1. The molecular weight excluding hydrogens is 329 g/mol. The maximum Gasteiger partial charge on any atom is 0.318 e. The first-order valence-electron chi connectivity index (χ1n) is 6.57. The van der Waals surface area contributed by atoms with E-state index < -0.39 is 0 Å². The number of carbonyl (C=O) groups is 1. The lowest BCUT2D eigenvalue weighted by atomic mass is 10.2. The fourth-order valence-electron chi connectivity index (χ4n) is 1.84. The topological polar surface area (TPSA) is 78.6 Å². The molecule has 6 nitrogen and oxygen atoms in total. The second-order valence-electron chi connectivity index (χ2n) is 4.54. The minimum atomic E-state index is -0.317. The molecular formula is C14H15Cl2N3O3. The van der Waals surface area contributed by atoms with Crippen molar-refractivity contribution < 1.29 is 14.4 Å². The van der Waals surface area contributed by atoms with E-state index in [4.69, 9.17) is 32.8 Å². The highest BCUT2D eigenvalue weighted by Crippen LogP contribution is 2.23. The van der Waals surface area contributed by atoms with Crippen LogP contribution in [0.25, 0.3) is 0 Å². The summed E-state index contributed by atoms with van der Waals surface area (Å²) in [6, 6.07) is 6.49. The van der Waals surface area contributed by atoms with Crippen LogP contribution in [0.3, 0.4) is 0 Å². The number of aliphatic hydroxyl groups excluding tert-OH is 1. The fraction of sp³-hybridized carbons (Fsp3) is 0.286. The molecule has 0 aliphatic rings. The van der Waals surface area contributed by atoms with Gasteiger partial charge in [-0.05, 0) is 17.7 Å². The molecule has 0 aliphatic carbocycles. The Bertz CT molecular complexity index is 620. The molecule has 0 saturated carbocycles. The Kier molecular flexibility index (Phi) is 6.06. The van der Waals surface area contributed by atoms with Crippen LogP contribution < -0.4 is 5.32 Å². The Labute approximate surface area is 137 Å². The average molecular weight is 344 g/mol. The average Bonchev–Trinajstić information content (AvgIpc) is 3.01. The first-order valence-corrected chi connectivity index (χ1v) is 7.32. The number of urea groups is 1. The first kappa shape index (κ1) is 16.6. The van der Waals surface area contributed by atoms with Gasteiger partial charge in [0.2, 0.25) is 0 Å². The zero-order chi connectivity index (χ0) is 15.9. The molecule has 0 radical (unpaired) electrons. The Balaban J connectivity index is 1.98. The molecule has 2 N–H and O–H groups in total. The maximum atomic E-state index is 12.2. The van der Waals surface area contributed by atoms with Gasteiger partial charge in [0.25, 0.3) is 0 Å². The third-order valence-electron chi connectivity index (χ3n) is 2.93. The van der Waals surface area contributed by atoms with Crippen LogP contribution in [0.15, 0.2) is 35.1 Å². The van der Waals surface area contributed by atoms with Crippen LogP contribution in [-0.2, 0) is 13.1 Å². The summed E-state index contributed by atoms with van der Waals surface area (Å²) in [6.45, 7) is 0.615. The number of hydrogen-bond acceptors (Lipinski definition) is 4. The SMILES string of the molecule is O=C(NCc1ccon1)N(CCO)Cc1ccc(Cl)c(Cl)c1. The van der Waals surface area contributed by atoms with Crippen LogP contribution in [0.2, 0.25) is 10.0 Å². The van der Waals surface area contributed by atoms with Crippen LogP contribution >= 0.6 is 23.2 Å². The van der Waals surface area contributed by atoms with Gasteiger partial charge < -0.3 is 19.8 Å². The smallest absolute Gasteiger partial charge is 0.318 e. The predicted octanol–water partition coefficient (Wildman–Crippen LogP) is 2.69. The Morgan fingerprint density at radius 1 is 1.32 bits per heavy atom.